The van der Waals surface area contributed by atoms with E-state index in [0.717, 1.165) is 24.8 Å². The Morgan fingerprint density at radius 3 is 2.12 bits per heavy atom. The third-order valence-corrected chi connectivity index (χ3v) is 4.08. The first-order chi connectivity index (χ1) is 12.2. The van der Waals surface area contributed by atoms with E-state index in [1.54, 1.807) is 0 Å². The molecule has 140 valence electrons. The second-order valence-corrected chi connectivity index (χ2v) is 5.86. The van der Waals surface area contributed by atoms with Crippen LogP contribution in [0, 0.1) is 0 Å². The molecule has 0 fully saturated rings. The highest BCUT2D eigenvalue weighted by molar-refractivity contribution is 5.75. The monoisotopic (exact) mass is 367 g/mol. The number of carbonyl (C=O) groups is 1. The summed E-state index contributed by atoms with van der Waals surface area (Å²) < 4.78 is 42.8. The van der Waals surface area contributed by atoms with Gasteiger partial charge in [0.25, 0.3) is 0 Å². The highest BCUT2D eigenvalue weighted by atomic mass is 19.4. The molecule has 0 bridgehead atoms. The standard InChI is InChI=1S/C19H20F3NO3/c1-12(13-6-4-3-5-7-13)23-16(17(24)18(25)26-2)14-8-10-15(11-9-14)19(20,21)22/h3-12,16-17,23-24H,1-2H3. The quantitative estimate of drug-likeness (QED) is 0.766. The van der Waals surface area contributed by atoms with Gasteiger partial charge in [-0.25, -0.2) is 4.79 Å². The Morgan fingerprint density at radius 1 is 1.04 bits per heavy atom. The first-order valence-corrected chi connectivity index (χ1v) is 7.98. The zero-order chi connectivity index (χ0) is 19.3. The van der Waals surface area contributed by atoms with Gasteiger partial charge in [-0.15, -0.1) is 0 Å². The van der Waals surface area contributed by atoms with E-state index >= 15 is 0 Å². The Balaban J connectivity index is 2.30. The summed E-state index contributed by atoms with van der Waals surface area (Å²) in [6, 6.07) is 12.4. The minimum atomic E-state index is -4.46. The lowest BCUT2D eigenvalue weighted by Gasteiger charge is -2.27. The van der Waals surface area contributed by atoms with Crippen LogP contribution in [-0.2, 0) is 15.7 Å². The molecule has 0 saturated carbocycles. The van der Waals surface area contributed by atoms with Gasteiger partial charge in [-0.05, 0) is 30.2 Å². The molecule has 0 heterocycles. The molecular weight excluding hydrogens is 347 g/mol. The molecule has 0 saturated heterocycles. The summed E-state index contributed by atoms with van der Waals surface area (Å²) in [5.74, 6) is -0.873. The van der Waals surface area contributed by atoms with Crippen molar-refractivity contribution in [3.8, 4) is 0 Å². The number of methoxy groups -OCH3 is 1. The predicted molar refractivity (Wildman–Crippen MR) is 90.2 cm³/mol. The van der Waals surface area contributed by atoms with Crippen LogP contribution in [0.25, 0.3) is 0 Å². The number of carbonyl (C=O) groups excluding carboxylic acids is 1. The van der Waals surface area contributed by atoms with Crippen molar-refractivity contribution in [1.29, 1.82) is 0 Å². The van der Waals surface area contributed by atoms with Gasteiger partial charge < -0.3 is 15.2 Å². The topological polar surface area (TPSA) is 58.6 Å². The summed E-state index contributed by atoms with van der Waals surface area (Å²) in [7, 11) is 1.13. The highest BCUT2D eigenvalue weighted by Gasteiger charge is 2.33. The number of hydrogen-bond acceptors (Lipinski definition) is 4. The van der Waals surface area contributed by atoms with Gasteiger partial charge in [0.2, 0.25) is 0 Å². The van der Waals surface area contributed by atoms with Crippen LogP contribution in [0.4, 0.5) is 13.2 Å². The van der Waals surface area contributed by atoms with Gasteiger partial charge in [0.15, 0.2) is 6.10 Å². The first-order valence-electron chi connectivity index (χ1n) is 7.98. The summed E-state index contributed by atoms with van der Waals surface area (Å²) >= 11 is 0. The van der Waals surface area contributed by atoms with E-state index in [2.05, 4.69) is 10.1 Å². The third kappa shape index (κ3) is 4.83. The van der Waals surface area contributed by atoms with Crippen LogP contribution < -0.4 is 5.32 Å². The molecule has 4 nitrogen and oxygen atoms in total. The Hall–Kier alpha value is -2.38. The largest absolute Gasteiger partial charge is 0.467 e. The maximum Gasteiger partial charge on any atom is 0.416 e. The van der Waals surface area contributed by atoms with Crippen LogP contribution >= 0.6 is 0 Å². The van der Waals surface area contributed by atoms with Gasteiger partial charge in [-0.3, -0.25) is 0 Å². The number of aliphatic hydroxyl groups excluding tert-OH is 1. The number of halogens is 3. The van der Waals surface area contributed by atoms with Gasteiger partial charge in [0.1, 0.15) is 0 Å². The van der Waals surface area contributed by atoms with Crippen molar-refractivity contribution in [2.75, 3.05) is 7.11 Å². The minimum absolute atomic E-state index is 0.261. The molecule has 3 unspecified atom stereocenters. The van der Waals surface area contributed by atoms with Crippen LogP contribution in [0.15, 0.2) is 54.6 Å². The Kier molecular flexibility index (Phi) is 6.39. The van der Waals surface area contributed by atoms with Crippen molar-refractivity contribution in [3.63, 3.8) is 0 Å². The predicted octanol–water partition coefficient (Wildman–Crippen LogP) is 3.63. The number of aliphatic hydroxyl groups is 1. The van der Waals surface area contributed by atoms with E-state index in [1.165, 1.54) is 12.1 Å². The SMILES string of the molecule is COC(=O)C(O)C(NC(C)c1ccccc1)c1ccc(C(F)(F)F)cc1. The average molecular weight is 367 g/mol. The van der Waals surface area contributed by atoms with E-state index in [-0.39, 0.29) is 6.04 Å². The van der Waals surface area contributed by atoms with Gasteiger partial charge in [0.05, 0.1) is 18.7 Å². The molecule has 26 heavy (non-hydrogen) atoms. The van der Waals surface area contributed by atoms with Crippen LogP contribution in [0.2, 0.25) is 0 Å². The molecule has 2 aromatic carbocycles. The van der Waals surface area contributed by atoms with Crippen LogP contribution in [0.5, 0.6) is 0 Å². The molecule has 0 amide bonds. The fourth-order valence-corrected chi connectivity index (χ4v) is 2.61. The molecule has 3 atom stereocenters. The van der Waals surface area contributed by atoms with Crippen LogP contribution in [0.3, 0.4) is 0 Å². The van der Waals surface area contributed by atoms with E-state index in [4.69, 9.17) is 0 Å². The van der Waals surface area contributed by atoms with Crippen molar-refractivity contribution in [2.24, 2.45) is 0 Å². The maximum absolute atomic E-state index is 12.8. The molecule has 0 aliphatic carbocycles. The Bertz CT molecular complexity index is 717. The molecule has 2 aromatic rings. The number of alkyl halides is 3. The third-order valence-electron chi connectivity index (χ3n) is 4.08. The van der Waals surface area contributed by atoms with Crippen molar-refractivity contribution in [3.05, 3.63) is 71.3 Å². The first kappa shape index (κ1) is 19.9. The molecule has 2 N–H and O–H groups in total. The van der Waals surface area contributed by atoms with Gasteiger partial charge in [-0.1, -0.05) is 42.5 Å². The molecule has 0 radical (unpaired) electrons. The fraction of sp³-hybridized carbons (Fsp3) is 0.316. The highest BCUT2D eigenvalue weighted by Crippen LogP contribution is 2.31. The van der Waals surface area contributed by atoms with Crippen molar-refractivity contribution in [1.82, 2.24) is 5.32 Å². The zero-order valence-corrected chi connectivity index (χ0v) is 14.3. The van der Waals surface area contributed by atoms with E-state index < -0.39 is 29.9 Å². The van der Waals surface area contributed by atoms with E-state index in [9.17, 15) is 23.1 Å². The molecule has 0 aliphatic rings. The summed E-state index contributed by atoms with van der Waals surface area (Å²) in [5, 5.41) is 13.4. The van der Waals surface area contributed by atoms with E-state index in [0.29, 0.717) is 5.56 Å². The maximum atomic E-state index is 12.8. The van der Waals surface area contributed by atoms with Crippen molar-refractivity contribution in [2.45, 2.75) is 31.3 Å². The molecule has 0 aliphatic heterocycles. The normalized spacial score (nSPS) is 15.2. The second kappa shape index (κ2) is 8.33. The Labute approximate surface area is 149 Å². The summed E-state index contributed by atoms with van der Waals surface area (Å²) in [4.78, 5) is 11.8. The lowest BCUT2D eigenvalue weighted by molar-refractivity contribution is -0.152. The van der Waals surface area contributed by atoms with Crippen LogP contribution in [0.1, 0.15) is 35.7 Å². The van der Waals surface area contributed by atoms with E-state index in [1.807, 2.05) is 37.3 Å². The lowest BCUT2D eigenvalue weighted by atomic mass is 9.97. The average Bonchev–Trinajstić information content (AvgIpc) is 2.64. The summed E-state index contributed by atoms with van der Waals surface area (Å²) in [5.41, 5.74) is 0.448. The lowest BCUT2D eigenvalue weighted by Crippen LogP contribution is -2.39. The Morgan fingerprint density at radius 2 is 1.62 bits per heavy atom. The molecule has 0 aromatic heterocycles. The van der Waals surface area contributed by atoms with Gasteiger partial charge in [0, 0.05) is 6.04 Å². The number of rotatable bonds is 6. The van der Waals surface area contributed by atoms with Crippen molar-refractivity contribution >= 4 is 5.97 Å². The second-order valence-electron chi connectivity index (χ2n) is 5.86. The smallest absolute Gasteiger partial charge is 0.416 e. The zero-order valence-electron chi connectivity index (χ0n) is 14.3. The molecular formula is C19H20F3NO3. The van der Waals surface area contributed by atoms with Gasteiger partial charge in [-0.2, -0.15) is 13.2 Å². The number of ether oxygens (including phenoxy) is 1. The fourth-order valence-electron chi connectivity index (χ4n) is 2.61. The number of benzene rings is 2. The van der Waals surface area contributed by atoms with Crippen LogP contribution in [-0.4, -0.2) is 24.3 Å². The number of hydrogen-bond donors (Lipinski definition) is 2. The molecule has 2 rings (SSSR count). The van der Waals surface area contributed by atoms with Crippen molar-refractivity contribution < 1.29 is 27.8 Å². The molecule has 7 heteroatoms. The number of esters is 1. The molecule has 0 spiro atoms. The van der Waals surface area contributed by atoms with Gasteiger partial charge >= 0.3 is 12.1 Å². The minimum Gasteiger partial charge on any atom is -0.467 e. The summed E-state index contributed by atoms with van der Waals surface area (Å²) in [6.07, 6.45) is -6.03. The summed E-state index contributed by atoms with van der Waals surface area (Å²) in [6.45, 7) is 1.83. The number of nitrogens with one attached hydrogen (secondary N) is 1.